The van der Waals surface area contributed by atoms with Gasteiger partial charge in [0.15, 0.2) is 11.6 Å². The van der Waals surface area contributed by atoms with Crippen molar-refractivity contribution in [2.45, 2.75) is 13.3 Å². The maximum atomic E-state index is 13.4. The van der Waals surface area contributed by atoms with E-state index in [4.69, 9.17) is 15.2 Å². The topological polar surface area (TPSA) is 56.5 Å². The SMILES string of the molecule is CCCOc1cc(Nc2ccc(F)c(OC)c2)ccc1N. The molecule has 0 aliphatic carbocycles. The predicted molar refractivity (Wildman–Crippen MR) is 82.9 cm³/mol. The molecule has 0 saturated heterocycles. The molecule has 5 heteroatoms. The Hall–Kier alpha value is -2.43. The van der Waals surface area contributed by atoms with E-state index >= 15 is 0 Å². The Morgan fingerprint density at radius 2 is 1.76 bits per heavy atom. The summed E-state index contributed by atoms with van der Waals surface area (Å²) in [6, 6.07) is 10.0. The Morgan fingerprint density at radius 3 is 2.43 bits per heavy atom. The second kappa shape index (κ2) is 6.83. The number of hydrogen-bond donors (Lipinski definition) is 2. The summed E-state index contributed by atoms with van der Waals surface area (Å²) in [6.07, 6.45) is 0.909. The van der Waals surface area contributed by atoms with Crippen molar-refractivity contribution in [1.82, 2.24) is 0 Å². The zero-order valence-corrected chi connectivity index (χ0v) is 12.2. The molecule has 0 aromatic heterocycles. The van der Waals surface area contributed by atoms with Crippen molar-refractivity contribution in [3.8, 4) is 11.5 Å². The number of anilines is 3. The average Bonchev–Trinajstić information content (AvgIpc) is 2.49. The molecule has 2 aromatic carbocycles. The molecule has 112 valence electrons. The summed E-state index contributed by atoms with van der Waals surface area (Å²) in [6.45, 7) is 2.64. The highest BCUT2D eigenvalue weighted by Gasteiger charge is 2.06. The van der Waals surface area contributed by atoms with Gasteiger partial charge in [-0.05, 0) is 30.7 Å². The molecule has 0 saturated carbocycles. The minimum atomic E-state index is -0.396. The molecule has 0 aliphatic rings. The third kappa shape index (κ3) is 3.78. The van der Waals surface area contributed by atoms with Gasteiger partial charge in [-0.2, -0.15) is 0 Å². The summed E-state index contributed by atoms with van der Waals surface area (Å²) in [7, 11) is 1.43. The fourth-order valence-corrected chi connectivity index (χ4v) is 1.85. The van der Waals surface area contributed by atoms with Crippen molar-refractivity contribution in [3.63, 3.8) is 0 Å². The van der Waals surface area contributed by atoms with Crippen molar-refractivity contribution in [3.05, 3.63) is 42.2 Å². The molecule has 4 nitrogen and oxygen atoms in total. The van der Waals surface area contributed by atoms with Gasteiger partial charge in [0.05, 0.1) is 19.4 Å². The van der Waals surface area contributed by atoms with Gasteiger partial charge in [0.1, 0.15) is 5.75 Å². The Labute approximate surface area is 123 Å². The standard InChI is InChI=1S/C16H19FN2O2/c1-3-8-21-16-10-12(5-7-14(16)18)19-11-4-6-13(17)15(9-11)20-2/h4-7,9-10,19H,3,8,18H2,1-2H3. The summed E-state index contributed by atoms with van der Waals surface area (Å²) in [5, 5.41) is 3.17. The van der Waals surface area contributed by atoms with Crippen LogP contribution < -0.4 is 20.5 Å². The summed E-state index contributed by atoms with van der Waals surface area (Å²) in [5.41, 5.74) is 7.99. The van der Waals surface area contributed by atoms with Gasteiger partial charge in [-0.1, -0.05) is 6.92 Å². The minimum absolute atomic E-state index is 0.193. The van der Waals surface area contributed by atoms with Gasteiger partial charge < -0.3 is 20.5 Å². The number of benzene rings is 2. The van der Waals surface area contributed by atoms with Crippen LogP contribution in [-0.4, -0.2) is 13.7 Å². The van der Waals surface area contributed by atoms with Crippen LogP contribution in [0.1, 0.15) is 13.3 Å². The van der Waals surface area contributed by atoms with E-state index in [1.165, 1.54) is 13.2 Å². The Kier molecular flexibility index (Phi) is 4.87. The van der Waals surface area contributed by atoms with Crippen molar-refractivity contribution < 1.29 is 13.9 Å². The lowest BCUT2D eigenvalue weighted by Gasteiger charge is -2.12. The first kappa shape index (κ1) is 15.0. The normalized spacial score (nSPS) is 10.2. The molecular weight excluding hydrogens is 271 g/mol. The maximum Gasteiger partial charge on any atom is 0.165 e. The van der Waals surface area contributed by atoms with Gasteiger partial charge in [-0.25, -0.2) is 4.39 Å². The molecular formula is C16H19FN2O2. The van der Waals surface area contributed by atoms with Gasteiger partial charge in [-0.3, -0.25) is 0 Å². The minimum Gasteiger partial charge on any atom is -0.494 e. The van der Waals surface area contributed by atoms with Gasteiger partial charge in [0.2, 0.25) is 0 Å². The van der Waals surface area contributed by atoms with Crippen molar-refractivity contribution in [2.75, 3.05) is 24.8 Å². The summed E-state index contributed by atoms with van der Waals surface area (Å²) in [5.74, 6) is 0.432. The van der Waals surface area contributed by atoms with Crippen LogP contribution in [0.4, 0.5) is 21.5 Å². The molecule has 0 heterocycles. The highest BCUT2D eigenvalue weighted by Crippen LogP contribution is 2.29. The number of nitrogens with two attached hydrogens (primary N) is 1. The van der Waals surface area contributed by atoms with E-state index in [0.717, 1.165) is 17.8 Å². The second-order valence-electron chi connectivity index (χ2n) is 4.58. The van der Waals surface area contributed by atoms with Gasteiger partial charge in [0, 0.05) is 23.5 Å². The zero-order valence-electron chi connectivity index (χ0n) is 12.2. The second-order valence-corrected chi connectivity index (χ2v) is 4.58. The van der Waals surface area contributed by atoms with E-state index in [0.29, 0.717) is 18.0 Å². The Balaban J connectivity index is 2.19. The van der Waals surface area contributed by atoms with E-state index in [1.807, 2.05) is 19.1 Å². The van der Waals surface area contributed by atoms with Crippen LogP contribution in [0.5, 0.6) is 11.5 Å². The number of nitrogens with one attached hydrogen (secondary N) is 1. The number of rotatable bonds is 6. The fraction of sp³-hybridized carbons (Fsp3) is 0.250. The van der Waals surface area contributed by atoms with Crippen LogP contribution in [-0.2, 0) is 0 Å². The maximum absolute atomic E-state index is 13.4. The molecule has 21 heavy (non-hydrogen) atoms. The number of nitrogen functional groups attached to an aromatic ring is 1. The van der Waals surface area contributed by atoms with Crippen molar-refractivity contribution in [1.29, 1.82) is 0 Å². The molecule has 0 unspecified atom stereocenters. The van der Waals surface area contributed by atoms with Crippen LogP contribution in [0.2, 0.25) is 0 Å². The molecule has 0 bridgehead atoms. The van der Waals surface area contributed by atoms with Crippen LogP contribution in [0.15, 0.2) is 36.4 Å². The van der Waals surface area contributed by atoms with Crippen molar-refractivity contribution >= 4 is 17.1 Å². The quantitative estimate of drug-likeness (QED) is 0.791. The molecule has 0 aliphatic heterocycles. The van der Waals surface area contributed by atoms with Crippen LogP contribution in [0.3, 0.4) is 0 Å². The van der Waals surface area contributed by atoms with E-state index in [9.17, 15) is 4.39 Å². The smallest absolute Gasteiger partial charge is 0.165 e. The molecule has 0 fully saturated rings. The summed E-state index contributed by atoms with van der Waals surface area (Å²) >= 11 is 0. The first-order valence-corrected chi connectivity index (χ1v) is 6.77. The number of methoxy groups -OCH3 is 1. The lowest BCUT2D eigenvalue weighted by molar-refractivity contribution is 0.319. The van der Waals surface area contributed by atoms with Crippen LogP contribution in [0, 0.1) is 5.82 Å². The highest BCUT2D eigenvalue weighted by atomic mass is 19.1. The van der Waals surface area contributed by atoms with E-state index in [1.54, 1.807) is 18.2 Å². The molecule has 2 aromatic rings. The van der Waals surface area contributed by atoms with E-state index in [2.05, 4.69) is 5.32 Å². The third-order valence-corrected chi connectivity index (χ3v) is 2.92. The van der Waals surface area contributed by atoms with Crippen molar-refractivity contribution in [2.24, 2.45) is 0 Å². The monoisotopic (exact) mass is 290 g/mol. The molecule has 0 atom stereocenters. The summed E-state index contributed by atoms with van der Waals surface area (Å²) in [4.78, 5) is 0. The first-order valence-electron chi connectivity index (χ1n) is 6.77. The number of hydrogen-bond acceptors (Lipinski definition) is 4. The molecule has 3 N–H and O–H groups in total. The van der Waals surface area contributed by atoms with Gasteiger partial charge >= 0.3 is 0 Å². The van der Waals surface area contributed by atoms with E-state index < -0.39 is 5.82 Å². The molecule has 2 rings (SSSR count). The summed E-state index contributed by atoms with van der Waals surface area (Å²) < 4.78 is 23.9. The van der Waals surface area contributed by atoms with Crippen LogP contribution >= 0.6 is 0 Å². The van der Waals surface area contributed by atoms with Crippen LogP contribution in [0.25, 0.3) is 0 Å². The van der Waals surface area contributed by atoms with Gasteiger partial charge in [-0.15, -0.1) is 0 Å². The highest BCUT2D eigenvalue weighted by molar-refractivity contribution is 5.67. The number of ether oxygens (including phenoxy) is 2. The lowest BCUT2D eigenvalue weighted by Crippen LogP contribution is -2.00. The lowest BCUT2D eigenvalue weighted by atomic mass is 10.2. The first-order chi connectivity index (χ1) is 10.1. The van der Waals surface area contributed by atoms with Gasteiger partial charge in [0.25, 0.3) is 0 Å². The number of halogens is 1. The molecule has 0 spiro atoms. The van der Waals surface area contributed by atoms with E-state index in [-0.39, 0.29) is 5.75 Å². The average molecular weight is 290 g/mol. The Bertz CT molecular complexity index is 617. The predicted octanol–water partition coefficient (Wildman–Crippen LogP) is 3.95. The zero-order chi connectivity index (χ0) is 15.2. The molecule has 0 radical (unpaired) electrons. The fourth-order valence-electron chi connectivity index (χ4n) is 1.85. The third-order valence-electron chi connectivity index (χ3n) is 2.92. The largest absolute Gasteiger partial charge is 0.494 e. The molecule has 0 amide bonds. The Morgan fingerprint density at radius 1 is 1.10 bits per heavy atom.